The first-order chi connectivity index (χ1) is 15.5. The Hall–Kier alpha value is -3.26. The van der Waals surface area contributed by atoms with E-state index in [4.69, 9.17) is 17.0 Å². The number of ether oxygens (including phenoxy) is 1. The molecule has 0 aliphatic carbocycles. The number of rotatable bonds is 7. The van der Waals surface area contributed by atoms with Gasteiger partial charge in [-0.05, 0) is 74.4 Å². The third-order valence-electron chi connectivity index (χ3n) is 5.82. The quantitative estimate of drug-likeness (QED) is 0.437. The van der Waals surface area contributed by atoms with Crippen molar-refractivity contribution in [3.8, 4) is 0 Å². The van der Waals surface area contributed by atoms with Crippen LogP contribution < -0.4 is 5.32 Å². The van der Waals surface area contributed by atoms with Crippen molar-refractivity contribution in [3.05, 3.63) is 83.2 Å². The average molecular weight is 450 g/mol. The minimum atomic E-state index is -0.297. The maximum absolute atomic E-state index is 12.4. The van der Waals surface area contributed by atoms with E-state index in [1.165, 1.54) is 5.56 Å². The highest BCUT2D eigenvalue weighted by atomic mass is 32.1. The molecule has 1 N–H and O–H groups in total. The summed E-state index contributed by atoms with van der Waals surface area (Å²) < 4.78 is 7.50. The highest BCUT2D eigenvalue weighted by molar-refractivity contribution is 7.80. The molecule has 1 aliphatic heterocycles. The van der Waals surface area contributed by atoms with Crippen LogP contribution in [0.2, 0.25) is 0 Å². The lowest BCUT2D eigenvalue weighted by Gasteiger charge is -2.27. The first-order valence-corrected chi connectivity index (χ1v) is 11.1. The van der Waals surface area contributed by atoms with Gasteiger partial charge in [0.05, 0.1) is 24.4 Å². The van der Waals surface area contributed by atoms with Crippen molar-refractivity contribution in [1.82, 2.24) is 24.8 Å². The number of nitrogens with one attached hydrogen (secondary N) is 1. The number of aryl methyl sites for hydroxylation is 1. The van der Waals surface area contributed by atoms with Crippen LogP contribution in [0.15, 0.2) is 55.0 Å². The number of carbonyl (C=O) groups is 1. The van der Waals surface area contributed by atoms with Crippen molar-refractivity contribution >= 4 is 23.3 Å². The molecule has 7 nitrogen and oxygen atoms in total. The maximum Gasteiger partial charge on any atom is 0.325 e. The third kappa shape index (κ3) is 4.36. The van der Waals surface area contributed by atoms with Crippen LogP contribution in [-0.2, 0) is 16.1 Å². The number of aromatic nitrogens is 3. The molecule has 1 saturated heterocycles. The molecule has 1 fully saturated rings. The van der Waals surface area contributed by atoms with Crippen LogP contribution in [0.1, 0.15) is 47.2 Å². The molecule has 166 valence electrons. The van der Waals surface area contributed by atoms with Crippen LogP contribution in [-0.4, -0.2) is 43.7 Å². The molecule has 8 heteroatoms. The maximum atomic E-state index is 12.4. The predicted octanol–water partition coefficient (Wildman–Crippen LogP) is 3.48. The summed E-state index contributed by atoms with van der Waals surface area (Å²) in [5.74, 6) is -0.297. The predicted molar refractivity (Wildman–Crippen MR) is 126 cm³/mol. The first-order valence-electron chi connectivity index (χ1n) is 10.7. The normalized spacial score (nSPS) is 18.0. The summed E-state index contributed by atoms with van der Waals surface area (Å²) in [6, 6.07) is 11.7. The minimum Gasteiger partial charge on any atom is -0.465 e. The van der Waals surface area contributed by atoms with Crippen LogP contribution in [0.25, 0.3) is 0 Å². The zero-order valence-corrected chi connectivity index (χ0v) is 19.3. The van der Waals surface area contributed by atoms with Crippen molar-refractivity contribution in [2.45, 2.75) is 39.4 Å². The lowest BCUT2D eigenvalue weighted by molar-refractivity contribution is -0.143. The highest BCUT2D eigenvalue weighted by Crippen LogP contribution is 2.40. The van der Waals surface area contributed by atoms with Gasteiger partial charge in [-0.25, -0.2) is 0 Å². The van der Waals surface area contributed by atoms with Crippen molar-refractivity contribution in [2.24, 2.45) is 0 Å². The molecule has 0 spiro atoms. The van der Waals surface area contributed by atoms with E-state index in [0.717, 1.165) is 29.2 Å². The highest BCUT2D eigenvalue weighted by Gasteiger charge is 2.42. The fraction of sp³-hybridized carbons (Fsp3) is 0.333. The van der Waals surface area contributed by atoms with Crippen LogP contribution in [0, 0.1) is 13.8 Å². The molecule has 0 bridgehead atoms. The molecule has 0 radical (unpaired) electrons. The summed E-state index contributed by atoms with van der Waals surface area (Å²) in [6.45, 7) is 7.19. The Bertz CT molecular complexity index is 1100. The molecule has 0 aromatic carbocycles. The van der Waals surface area contributed by atoms with E-state index in [1.54, 1.807) is 13.1 Å². The molecule has 2 atom stereocenters. The Kier molecular flexibility index (Phi) is 6.50. The van der Waals surface area contributed by atoms with Gasteiger partial charge >= 0.3 is 5.97 Å². The molecule has 0 unspecified atom stereocenters. The second-order valence-electron chi connectivity index (χ2n) is 7.83. The van der Waals surface area contributed by atoms with Crippen LogP contribution in [0.3, 0.4) is 0 Å². The van der Waals surface area contributed by atoms with Gasteiger partial charge < -0.3 is 19.5 Å². The SMILES string of the molecule is CCOC(=O)CN1C(=S)N[C@@H](c2ccccn2)[C@@H]1c1cc(C)n(Cc2ccncc2)c1C. The van der Waals surface area contributed by atoms with E-state index in [2.05, 4.69) is 39.8 Å². The zero-order valence-electron chi connectivity index (χ0n) is 18.5. The molecule has 3 aromatic heterocycles. The monoisotopic (exact) mass is 449 g/mol. The summed E-state index contributed by atoms with van der Waals surface area (Å²) in [4.78, 5) is 23.0. The third-order valence-corrected chi connectivity index (χ3v) is 6.18. The van der Waals surface area contributed by atoms with E-state index >= 15 is 0 Å². The Labute approximate surface area is 193 Å². The van der Waals surface area contributed by atoms with Gasteiger partial charge in [-0.3, -0.25) is 14.8 Å². The van der Waals surface area contributed by atoms with Crippen molar-refractivity contribution in [2.75, 3.05) is 13.2 Å². The average Bonchev–Trinajstić information content (AvgIpc) is 3.26. The van der Waals surface area contributed by atoms with Gasteiger partial charge in [0.1, 0.15) is 6.54 Å². The number of pyridine rings is 2. The second-order valence-corrected chi connectivity index (χ2v) is 8.21. The fourth-order valence-electron chi connectivity index (χ4n) is 4.30. The fourth-order valence-corrected chi connectivity index (χ4v) is 4.61. The van der Waals surface area contributed by atoms with Gasteiger partial charge in [-0.15, -0.1) is 0 Å². The molecule has 0 amide bonds. The van der Waals surface area contributed by atoms with E-state index in [1.807, 2.05) is 47.6 Å². The van der Waals surface area contributed by atoms with Gasteiger partial charge in [0.15, 0.2) is 5.11 Å². The smallest absolute Gasteiger partial charge is 0.325 e. The first kappa shape index (κ1) is 22.0. The van der Waals surface area contributed by atoms with Gasteiger partial charge in [0.2, 0.25) is 0 Å². The van der Waals surface area contributed by atoms with Crippen molar-refractivity contribution < 1.29 is 9.53 Å². The molecule has 0 saturated carbocycles. The number of hydrogen-bond donors (Lipinski definition) is 1. The number of nitrogens with zero attached hydrogens (tertiary/aromatic N) is 4. The summed E-state index contributed by atoms with van der Waals surface area (Å²) in [6.07, 6.45) is 5.39. The van der Waals surface area contributed by atoms with E-state index in [-0.39, 0.29) is 24.6 Å². The Morgan fingerprint density at radius 1 is 1.19 bits per heavy atom. The van der Waals surface area contributed by atoms with Gasteiger partial charge in [0.25, 0.3) is 0 Å². The van der Waals surface area contributed by atoms with Crippen molar-refractivity contribution in [1.29, 1.82) is 0 Å². The summed E-state index contributed by atoms with van der Waals surface area (Å²) >= 11 is 5.65. The number of thiocarbonyl (C=S) groups is 1. The topological polar surface area (TPSA) is 72.3 Å². The number of hydrogen-bond acceptors (Lipinski definition) is 5. The van der Waals surface area contributed by atoms with Gasteiger partial charge in [-0.1, -0.05) is 6.07 Å². The van der Waals surface area contributed by atoms with E-state index < -0.39 is 0 Å². The number of esters is 1. The number of carbonyl (C=O) groups excluding carboxylic acids is 1. The second kappa shape index (κ2) is 9.48. The van der Waals surface area contributed by atoms with Crippen molar-refractivity contribution in [3.63, 3.8) is 0 Å². The lowest BCUT2D eigenvalue weighted by Crippen LogP contribution is -2.35. The van der Waals surface area contributed by atoms with E-state index in [9.17, 15) is 4.79 Å². The van der Waals surface area contributed by atoms with Crippen LogP contribution >= 0.6 is 12.2 Å². The minimum absolute atomic E-state index is 0.0850. The molecular formula is C24H27N5O2S. The molecular weight excluding hydrogens is 422 g/mol. The van der Waals surface area contributed by atoms with Crippen LogP contribution in [0.4, 0.5) is 0 Å². The largest absolute Gasteiger partial charge is 0.465 e. The zero-order chi connectivity index (χ0) is 22.7. The summed E-state index contributed by atoms with van der Waals surface area (Å²) in [5, 5.41) is 3.92. The van der Waals surface area contributed by atoms with Gasteiger partial charge in [0, 0.05) is 36.5 Å². The molecule has 3 aromatic rings. The lowest BCUT2D eigenvalue weighted by atomic mass is 9.97. The summed E-state index contributed by atoms with van der Waals surface area (Å²) in [5.41, 5.74) is 5.45. The standard InChI is InChI=1S/C24H27N5O2S/c1-4-31-21(30)15-29-23(22(27-24(29)32)20-7-5-6-10-26-20)19-13-16(2)28(17(19)3)14-18-8-11-25-12-9-18/h5-13,22-23H,4,14-15H2,1-3H3,(H,27,32)/t22-,23-/m0/s1. The Morgan fingerprint density at radius 2 is 1.97 bits per heavy atom. The summed E-state index contributed by atoms with van der Waals surface area (Å²) in [7, 11) is 0. The Morgan fingerprint density at radius 3 is 2.66 bits per heavy atom. The molecule has 4 rings (SSSR count). The molecule has 32 heavy (non-hydrogen) atoms. The molecule has 4 heterocycles. The molecule has 1 aliphatic rings. The Balaban J connectivity index is 1.74. The van der Waals surface area contributed by atoms with E-state index in [0.29, 0.717) is 11.7 Å². The van der Waals surface area contributed by atoms with Crippen LogP contribution in [0.5, 0.6) is 0 Å². The van der Waals surface area contributed by atoms with Gasteiger partial charge in [-0.2, -0.15) is 0 Å².